The normalized spacial score (nSPS) is 12.8. The minimum atomic E-state index is -0.253. The van der Waals surface area contributed by atoms with Gasteiger partial charge in [0.2, 0.25) is 0 Å². The third kappa shape index (κ3) is 4.76. The number of thiazole rings is 1. The van der Waals surface area contributed by atoms with Gasteiger partial charge in [0.15, 0.2) is 4.80 Å². The van der Waals surface area contributed by atoms with Crippen molar-refractivity contribution in [3.05, 3.63) is 52.0 Å². The van der Waals surface area contributed by atoms with Crippen molar-refractivity contribution >= 4 is 29.7 Å². The molecule has 4 nitrogen and oxygen atoms in total. The van der Waals surface area contributed by atoms with Gasteiger partial charge in [0.25, 0.3) is 5.91 Å². The van der Waals surface area contributed by atoms with E-state index in [1.165, 1.54) is 17.4 Å². The summed E-state index contributed by atoms with van der Waals surface area (Å²) in [6, 6.07) is 6.61. The highest BCUT2D eigenvalue weighted by Crippen LogP contribution is 2.08. The van der Waals surface area contributed by atoms with E-state index in [1.54, 1.807) is 29.8 Å². The fourth-order valence-corrected chi connectivity index (χ4v) is 2.65. The number of carbonyl (C=O) groups is 1. The largest absolute Gasteiger partial charge is 0.319 e. The number of amides is 1. The van der Waals surface area contributed by atoms with E-state index >= 15 is 0 Å². The molecule has 1 unspecified atom stereocenters. The van der Waals surface area contributed by atoms with Crippen LogP contribution in [0.2, 0.25) is 0 Å². The number of benzene rings is 1. The van der Waals surface area contributed by atoms with Gasteiger partial charge in [-0.25, -0.2) is 4.39 Å². The van der Waals surface area contributed by atoms with Crippen molar-refractivity contribution in [3.63, 3.8) is 0 Å². The third-order valence-corrected chi connectivity index (χ3v) is 3.89. The number of nitrogens with one attached hydrogen (secondary N) is 1. The van der Waals surface area contributed by atoms with E-state index in [9.17, 15) is 9.18 Å². The minimum absolute atomic E-state index is 0. The van der Waals surface area contributed by atoms with E-state index < -0.39 is 0 Å². The molecule has 0 fully saturated rings. The number of nitrogens with zero attached hydrogens (tertiary/aromatic N) is 2. The summed E-state index contributed by atoms with van der Waals surface area (Å²) in [6.45, 7) is 2.78. The maximum atomic E-state index is 13.7. The molecule has 0 bridgehead atoms. The Balaban J connectivity index is 0.00000242. The summed E-state index contributed by atoms with van der Waals surface area (Å²) in [5, 5.41) is 4.80. The molecule has 0 saturated carbocycles. The lowest BCUT2D eigenvalue weighted by molar-refractivity contribution is -0.121. The highest BCUT2D eigenvalue weighted by atomic mass is 35.5. The Morgan fingerprint density at radius 1 is 1.45 bits per heavy atom. The van der Waals surface area contributed by atoms with Crippen molar-refractivity contribution in [2.24, 2.45) is 10.9 Å². The van der Waals surface area contributed by atoms with Gasteiger partial charge in [-0.05, 0) is 13.1 Å². The van der Waals surface area contributed by atoms with Crippen LogP contribution < -0.4 is 10.1 Å². The van der Waals surface area contributed by atoms with Gasteiger partial charge < -0.3 is 9.88 Å². The van der Waals surface area contributed by atoms with Crippen molar-refractivity contribution in [1.82, 2.24) is 9.88 Å². The van der Waals surface area contributed by atoms with Crippen LogP contribution in [0.1, 0.15) is 12.5 Å². The molecule has 0 spiro atoms. The Labute approximate surface area is 139 Å². The average molecular weight is 344 g/mol. The van der Waals surface area contributed by atoms with Crippen LogP contribution in [0.15, 0.2) is 40.8 Å². The lowest BCUT2D eigenvalue weighted by Crippen LogP contribution is -2.25. The van der Waals surface area contributed by atoms with Crippen LogP contribution in [0, 0.1) is 11.7 Å². The molecule has 22 heavy (non-hydrogen) atoms. The van der Waals surface area contributed by atoms with Gasteiger partial charge in [-0.2, -0.15) is 4.99 Å². The smallest absolute Gasteiger partial charge is 0.252 e. The molecule has 1 aromatic heterocycles. The maximum Gasteiger partial charge on any atom is 0.252 e. The van der Waals surface area contributed by atoms with Crippen LogP contribution in [0.3, 0.4) is 0 Å². The molecule has 7 heteroatoms. The Bertz CT molecular complexity index is 683. The van der Waals surface area contributed by atoms with Gasteiger partial charge in [-0.15, -0.1) is 23.7 Å². The Morgan fingerprint density at radius 2 is 2.18 bits per heavy atom. The van der Waals surface area contributed by atoms with E-state index in [-0.39, 0.29) is 30.0 Å². The topological polar surface area (TPSA) is 46.4 Å². The molecule has 2 aromatic rings. The number of halogens is 2. The lowest BCUT2D eigenvalue weighted by Gasteiger charge is -2.06. The van der Waals surface area contributed by atoms with Crippen molar-refractivity contribution < 1.29 is 9.18 Å². The average Bonchev–Trinajstić information content (AvgIpc) is 2.89. The van der Waals surface area contributed by atoms with Crippen molar-refractivity contribution in [2.75, 3.05) is 13.6 Å². The summed E-state index contributed by atoms with van der Waals surface area (Å²) in [4.78, 5) is 16.7. The summed E-state index contributed by atoms with van der Waals surface area (Å²) in [7, 11) is 1.80. The molecular formula is C15H19ClFN3OS. The van der Waals surface area contributed by atoms with E-state index in [4.69, 9.17) is 0 Å². The molecule has 0 saturated heterocycles. The SMILES string of the molecule is CNCC(C)C(=O)N=c1sccn1Cc1ccccc1F.Cl. The number of hydrogen-bond acceptors (Lipinski definition) is 3. The molecule has 1 heterocycles. The highest BCUT2D eigenvalue weighted by molar-refractivity contribution is 7.07. The van der Waals surface area contributed by atoms with Gasteiger partial charge in [0.1, 0.15) is 5.82 Å². The van der Waals surface area contributed by atoms with Crippen LogP contribution in [0.5, 0.6) is 0 Å². The first-order valence-corrected chi connectivity index (χ1v) is 7.60. The van der Waals surface area contributed by atoms with Crippen LogP contribution in [0.4, 0.5) is 4.39 Å². The minimum Gasteiger partial charge on any atom is -0.319 e. The second-order valence-electron chi connectivity index (χ2n) is 4.81. The van der Waals surface area contributed by atoms with E-state index in [2.05, 4.69) is 10.3 Å². The molecular weight excluding hydrogens is 325 g/mol. The molecule has 0 aliphatic carbocycles. The van der Waals surface area contributed by atoms with Gasteiger partial charge in [0.05, 0.1) is 6.54 Å². The number of rotatable bonds is 5. The predicted molar refractivity (Wildman–Crippen MR) is 88.7 cm³/mol. The summed E-state index contributed by atoms with van der Waals surface area (Å²) in [5.41, 5.74) is 0.577. The Hall–Kier alpha value is -1.50. The van der Waals surface area contributed by atoms with Crippen molar-refractivity contribution in [3.8, 4) is 0 Å². The number of aromatic nitrogens is 1. The Morgan fingerprint density at radius 3 is 2.86 bits per heavy atom. The van der Waals surface area contributed by atoms with Crippen LogP contribution in [-0.4, -0.2) is 24.1 Å². The first-order chi connectivity index (χ1) is 10.1. The van der Waals surface area contributed by atoms with Crippen LogP contribution in [-0.2, 0) is 11.3 Å². The molecule has 120 valence electrons. The number of carbonyl (C=O) groups excluding carboxylic acids is 1. The monoisotopic (exact) mass is 343 g/mol. The molecule has 1 N–H and O–H groups in total. The maximum absolute atomic E-state index is 13.7. The third-order valence-electron chi connectivity index (χ3n) is 3.10. The fourth-order valence-electron chi connectivity index (χ4n) is 1.92. The van der Waals surface area contributed by atoms with E-state index in [0.717, 1.165) is 0 Å². The predicted octanol–water partition coefficient (Wildman–Crippen LogP) is 2.44. The first-order valence-electron chi connectivity index (χ1n) is 6.72. The fraction of sp³-hybridized carbons (Fsp3) is 0.333. The second-order valence-corrected chi connectivity index (χ2v) is 5.69. The molecule has 0 aliphatic rings. The van der Waals surface area contributed by atoms with Crippen molar-refractivity contribution in [2.45, 2.75) is 13.5 Å². The van der Waals surface area contributed by atoms with Gasteiger partial charge in [0, 0.05) is 29.6 Å². The molecule has 1 aromatic carbocycles. The Kier molecular flexibility index (Phi) is 7.44. The van der Waals surface area contributed by atoms with Crippen LogP contribution in [0.25, 0.3) is 0 Å². The zero-order valence-corrected chi connectivity index (χ0v) is 14.1. The molecule has 0 aliphatic heterocycles. The lowest BCUT2D eigenvalue weighted by atomic mass is 10.2. The summed E-state index contributed by atoms with van der Waals surface area (Å²) < 4.78 is 15.5. The van der Waals surface area contributed by atoms with Gasteiger partial charge >= 0.3 is 0 Å². The van der Waals surface area contributed by atoms with E-state index in [0.29, 0.717) is 23.5 Å². The van der Waals surface area contributed by atoms with E-state index in [1.807, 2.05) is 18.5 Å². The summed E-state index contributed by atoms with van der Waals surface area (Å²) in [6.07, 6.45) is 1.81. The van der Waals surface area contributed by atoms with Crippen molar-refractivity contribution in [1.29, 1.82) is 0 Å². The standard InChI is InChI=1S/C15H18FN3OS.ClH/c1-11(9-17-2)14(20)18-15-19(7-8-21-15)10-12-5-3-4-6-13(12)16;/h3-8,11,17H,9-10H2,1-2H3;1H. The molecule has 1 atom stereocenters. The molecule has 1 amide bonds. The summed E-state index contributed by atoms with van der Waals surface area (Å²) >= 11 is 1.37. The van der Waals surface area contributed by atoms with Crippen LogP contribution >= 0.6 is 23.7 Å². The zero-order valence-electron chi connectivity index (χ0n) is 12.5. The molecule has 2 rings (SSSR count). The zero-order chi connectivity index (χ0) is 15.2. The highest BCUT2D eigenvalue weighted by Gasteiger charge is 2.11. The van der Waals surface area contributed by atoms with Gasteiger partial charge in [-0.1, -0.05) is 25.1 Å². The number of hydrogen-bond donors (Lipinski definition) is 1. The second kappa shape index (κ2) is 8.82. The van der Waals surface area contributed by atoms with Gasteiger partial charge in [-0.3, -0.25) is 4.79 Å². The summed E-state index contributed by atoms with van der Waals surface area (Å²) in [5.74, 6) is -0.606. The first kappa shape index (κ1) is 18.5. The molecule has 0 radical (unpaired) electrons. The quantitative estimate of drug-likeness (QED) is 0.906.